The number of carbonyl (C=O) groups excluding carboxylic acids is 1. The lowest BCUT2D eigenvalue weighted by Crippen LogP contribution is -2.43. The van der Waals surface area contributed by atoms with Gasteiger partial charge in [0, 0.05) is 35.9 Å². The number of sulfone groups is 1. The highest BCUT2D eigenvalue weighted by Crippen LogP contribution is 2.19. The summed E-state index contributed by atoms with van der Waals surface area (Å²) in [6.45, 7) is 1.09. The fourth-order valence-corrected chi connectivity index (χ4v) is 4.59. The monoisotopic (exact) mass is 427 g/mol. The Bertz CT molecular complexity index is 899. The van der Waals surface area contributed by atoms with Gasteiger partial charge in [-0.05, 0) is 42.3 Å². The van der Waals surface area contributed by atoms with Gasteiger partial charge in [-0.2, -0.15) is 0 Å². The largest absolute Gasteiger partial charge is 0.370 e. The number of amides is 1. The van der Waals surface area contributed by atoms with E-state index in [-0.39, 0.29) is 30.5 Å². The van der Waals surface area contributed by atoms with E-state index >= 15 is 0 Å². The summed E-state index contributed by atoms with van der Waals surface area (Å²) in [6.07, 6.45) is 2.23. The van der Waals surface area contributed by atoms with Crippen molar-refractivity contribution in [1.82, 2.24) is 9.88 Å². The molecule has 1 aliphatic heterocycles. The Balaban J connectivity index is 1.53. The van der Waals surface area contributed by atoms with E-state index in [1.807, 2.05) is 12.1 Å². The van der Waals surface area contributed by atoms with Crippen molar-refractivity contribution in [3.8, 4) is 0 Å². The third-order valence-corrected chi connectivity index (χ3v) is 6.33. The molecule has 0 radical (unpaired) electrons. The number of rotatable bonds is 5. The number of nitrogens with zero attached hydrogens (tertiary/aromatic N) is 2. The van der Waals surface area contributed by atoms with Gasteiger partial charge in [-0.15, -0.1) is 0 Å². The second-order valence-electron chi connectivity index (χ2n) is 6.33. The van der Waals surface area contributed by atoms with Crippen LogP contribution in [0.4, 0.5) is 5.82 Å². The molecule has 144 valence electrons. The molecule has 1 amide bonds. The summed E-state index contributed by atoms with van der Waals surface area (Å²) in [5.74, 6) is 0.483. The zero-order valence-electron chi connectivity index (χ0n) is 14.5. The van der Waals surface area contributed by atoms with E-state index in [9.17, 15) is 13.2 Å². The molecule has 3 rings (SSSR count). The van der Waals surface area contributed by atoms with Crippen LogP contribution in [0.3, 0.4) is 0 Å². The highest BCUT2D eigenvalue weighted by Gasteiger charge is 2.25. The smallest absolute Gasteiger partial charge is 0.255 e. The number of hydrogen-bond donors (Lipinski definition) is 1. The lowest BCUT2D eigenvalue weighted by molar-refractivity contribution is 0.0770. The van der Waals surface area contributed by atoms with Crippen LogP contribution >= 0.6 is 23.2 Å². The Morgan fingerprint density at radius 3 is 2.37 bits per heavy atom. The number of anilines is 1. The lowest BCUT2D eigenvalue weighted by Gasteiger charge is -2.26. The molecule has 2 aromatic rings. The SMILES string of the molecule is O=C(c1ccc(NCCc2cc(Cl)cc(Cl)c2)nc1)N1CCS(=O)(=O)CC1. The van der Waals surface area contributed by atoms with Crippen LogP contribution in [0.5, 0.6) is 0 Å². The number of halogens is 2. The molecule has 2 heterocycles. The maximum absolute atomic E-state index is 12.4. The average molecular weight is 428 g/mol. The molecular formula is C18H19Cl2N3O3S. The van der Waals surface area contributed by atoms with Gasteiger partial charge in [0.1, 0.15) is 5.82 Å². The normalized spacial score (nSPS) is 16.1. The van der Waals surface area contributed by atoms with Crippen molar-refractivity contribution in [1.29, 1.82) is 0 Å². The minimum atomic E-state index is -3.01. The van der Waals surface area contributed by atoms with E-state index < -0.39 is 9.84 Å². The van der Waals surface area contributed by atoms with Gasteiger partial charge in [0.05, 0.1) is 17.1 Å². The maximum Gasteiger partial charge on any atom is 0.255 e. The average Bonchev–Trinajstić information content (AvgIpc) is 2.61. The fraction of sp³-hybridized carbons (Fsp3) is 0.333. The molecule has 0 atom stereocenters. The first kappa shape index (κ1) is 19.9. The zero-order valence-corrected chi connectivity index (χ0v) is 16.8. The van der Waals surface area contributed by atoms with Crippen LogP contribution in [0.1, 0.15) is 15.9 Å². The molecule has 27 heavy (non-hydrogen) atoms. The highest BCUT2D eigenvalue weighted by molar-refractivity contribution is 7.91. The van der Waals surface area contributed by atoms with E-state index in [2.05, 4.69) is 10.3 Å². The Hall–Kier alpha value is -1.83. The molecule has 1 aromatic carbocycles. The van der Waals surface area contributed by atoms with Crippen LogP contribution in [0.15, 0.2) is 36.5 Å². The zero-order chi connectivity index (χ0) is 19.4. The van der Waals surface area contributed by atoms with E-state index in [0.29, 0.717) is 28.0 Å². The number of carbonyl (C=O) groups is 1. The van der Waals surface area contributed by atoms with Crippen molar-refractivity contribution >= 4 is 44.8 Å². The molecule has 1 fully saturated rings. The van der Waals surface area contributed by atoms with Gasteiger partial charge in [0.2, 0.25) is 0 Å². The first-order chi connectivity index (χ1) is 12.8. The molecule has 9 heteroatoms. The topological polar surface area (TPSA) is 79.4 Å². The number of pyridine rings is 1. The van der Waals surface area contributed by atoms with Crippen LogP contribution < -0.4 is 5.32 Å². The predicted octanol–water partition coefficient (Wildman–Crippen LogP) is 2.91. The minimum absolute atomic E-state index is 0.0132. The summed E-state index contributed by atoms with van der Waals surface area (Å²) in [5.41, 5.74) is 1.47. The number of nitrogens with one attached hydrogen (secondary N) is 1. The summed E-state index contributed by atoms with van der Waals surface area (Å²) in [7, 11) is -3.01. The van der Waals surface area contributed by atoms with Crippen molar-refractivity contribution in [3.63, 3.8) is 0 Å². The Kier molecular flexibility index (Phi) is 6.24. The second kappa shape index (κ2) is 8.46. The number of hydrogen-bond acceptors (Lipinski definition) is 5. The molecular weight excluding hydrogens is 409 g/mol. The Morgan fingerprint density at radius 1 is 1.11 bits per heavy atom. The minimum Gasteiger partial charge on any atom is -0.370 e. The Morgan fingerprint density at radius 2 is 1.78 bits per heavy atom. The third-order valence-electron chi connectivity index (χ3n) is 4.28. The molecule has 6 nitrogen and oxygen atoms in total. The summed E-state index contributed by atoms with van der Waals surface area (Å²) < 4.78 is 22.9. The van der Waals surface area contributed by atoms with Crippen LogP contribution in [-0.2, 0) is 16.3 Å². The Labute approximate surface area is 168 Å². The lowest BCUT2D eigenvalue weighted by atomic mass is 10.1. The number of aromatic nitrogens is 1. The second-order valence-corrected chi connectivity index (χ2v) is 9.51. The van der Waals surface area contributed by atoms with Gasteiger partial charge in [-0.25, -0.2) is 13.4 Å². The van der Waals surface area contributed by atoms with Gasteiger partial charge >= 0.3 is 0 Å². The molecule has 0 aliphatic carbocycles. The molecule has 0 saturated carbocycles. The van der Waals surface area contributed by atoms with Gasteiger partial charge in [0.15, 0.2) is 9.84 Å². The van der Waals surface area contributed by atoms with E-state index in [1.54, 1.807) is 23.1 Å². The molecule has 1 aliphatic rings. The first-order valence-corrected chi connectivity index (χ1v) is 11.0. The summed E-state index contributed by atoms with van der Waals surface area (Å²) in [4.78, 5) is 18.2. The van der Waals surface area contributed by atoms with Gasteiger partial charge in [-0.1, -0.05) is 23.2 Å². The first-order valence-electron chi connectivity index (χ1n) is 8.47. The summed E-state index contributed by atoms with van der Waals surface area (Å²) in [5, 5.41) is 4.39. The molecule has 1 saturated heterocycles. The maximum atomic E-state index is 12.4. The van der Waals surface area contributed by atoms with Crippen molar-refractivity contribution in [3.05, 3.63) is 57.7 Å². The van der Waals surface area contributed by atoms with Crippen LogP contribution in [0, 0.1) is 0 Å². The van der Waals surface area contributed by atoms with Crippen LogP contribution in [0.25, 0.3) is 0 Å². The quantitative estimate of drug-likeness (QED) is 0.793. The summed E-state index contributed by atoms with van der Waals surface area (Å²) >= 11 is 12.0. The molecule has 0 bridgehead atoms. The van der Waals surface area contributed by atoms with Gasteiger partial charge < -0.3 is 10.2 Å². The van der Waals surface area contributed by atoms with Crippen LogP contribution in [0.2, 0.25) is 10.0 Å². The molecule has 0 unspecified atom stereocenters. The van der Waals surface area contributed by atoms with E-state index in [0.717, 1.165) is 12.0 Å². The fourth-order valence-electron chi connectivity index (χ4n) is 2.81. The van der Waals surface area contributed by atoms with Crippen molar-refractivity contribution < 1.29 is 13.2 Å². The van der Waals surface area contributed by atoms with Gasteiger partial charge in [0.25, 0.3) is 5.91 Å². The number of benzene rings is 1. The van der Waals surface area contributed by atoms with Gasteiger partial charge in [-0.3, -0.25) is 4.79 Å². The molecule has 0 spiro atoms. The van der Waals surface area contributed by atoms with E-state index in [1.165, 1.54) is 6.20 Å². The summed E-state index contributed by atoms with van der Waals surface area (Å²) in [6, 6.07) is 8.84. The van der Waals surface area contributed by atoms with Crippen molar-refractivity contribution in [2.45, 2.75) is 6.42 Å². The predicted molar refractivity (Wildman–Crippen MR) is 107 cm³/mol. The van der Waals surface area contributed by atoms with Crippen molar-refractivity contribution in [2.75, 3.05) is 36.5 Å². The highest BCUT2D eigenvalue weighted by atomic mass is 35.5. The van der Waals surface area contributed by atoms with Crippen LogP contribution in [-0.4, -0.2) is 55.3 Å². The standard InChI is InChI=1S/C18H19Cl2N3O3S/c19-15-9-13(10-16(20)11-15)3-4-21-17-2-1-14(12-22-17)18(24)23-5-7-27(25,26)8-6-23/h1-2,9-12H,3-8H2,(H,21,22). The molecule has 1 N–H and O–H groups in total. The van der Waals surface area contributed by atoms with E-state index in [4.69, 9.17) is 23.2 Å². The molecule has 1 aromatic heterocycles. The van der Waals surface area contributed by atoms with Crippen molar-refractivity contribution in [2.24, 2.45) is 0 Å². The third kappa shape index (κ3) is 5.57.